The van der Waals surface area contributed by atoms with Crippen molar-refractivity contribution in [3.8, 4) is 17.2 Å². The van der Waals surface area contributed by atoms with E-state index < -0.39 is 0 Å². The topological polar surface area (TPSA) is 56.8 Å². The number of hydrogen-bond donors (Lipinski definition) is 1. The highest BCUT2D eigenvalue weighted by molar-refractivity contribution is 8.00. The summed E-state index contributed by atoms with van der Waals surface area (Å²) in [4.78, 5) is 13.1. The van der Waals surface area contributed by atoms with Gasteiger partial charge in [-0.2, -0.15) is 0 Å². The standard InChI is InChI=1S/C21H25NO4S/c1-2-3-9-24-17-6-4-5-16(12-17)14-22-21(23)15-27-18-7-8-19-20(13-18)26-11-10-25-19/h4-8,12-13H,2-3,9-11,14-15H2,1H3,(H,22,23). The van der Waals surface area contributed by atoms with Gasteiger partial charge in [-0.3, -0.25) is 4.79 Å². The smallest absolute Gasteiger partial charge is 0.230 e. The zero-order valence-electron chi connectivity index (χ0n) is 15.5. The van der Waals surface area contributed by atoms with E-state index in [2.05, 4.69) is 12.2 Å². The monoisotopic (exact) mass is 387 g/mol. The van der Waals surface area contributed by atoms with E-state index in [0.29, 0.717) is 25.5 Å². The summed E-state index contributed by atoms with van der Waals surface area (Å²) < 4.78 is 16.8. The van der Waals surface area contributed by atoms with E-state index in [1.807, 2.05) is 42.5 Å². The van der Waals surface area contributed by atoms with E-state index in [9.17, 15) is 4.79 Å². The number of fused-ring (bicyclic) bond motifs is 1. The van der Waals surface area contributed by atoms with Crippen LogP contribution in [0, 0.1) is 0 Å². The Bertz CT molecular complexity index is 766. The summed E-state index contributed by atoms with van der Waals surface area (Å²) in [7, 11) is 0. The van der Waals surface area contributed by atoms with Crippen LogP contribution in [0.25, 0.3) is 0 Å². The molecule has 0 unspecified atom stereocenters. The molecule has 3 rings (SSSR count). The molecule has 6 heteroatoms. The van der Waals surface area contributed by atoms with Crippen LogP contribution in [-0.4, -0.2) is 31.5 Å². The van der Waals surface area contributed by atoms with E-state index in [0.717, 1.165) is 47.2 Å². The highest BCUT2D eigenvalue weighted by atomic mass is 32.2. The van der Waals surface area contributed by atoms with Crippen LogP contribution in [0.2, 0.25) is 0 Å². The normalized spacial score (nSPS) is 12.5. The summed E-state index contributed by atoms with van der Waals surface area (Å²) >= 11 is 1.48. The van der Waals surface area contributed by atoms with Gasteiger partial charge in [-0.1, -0.05) is 25.5 Å². The van der Waals surface area contributed by atoms with Crippen LogP contribution in [0.4, 0.5) is 0 Å². The first kappa shape index (κ1) is 19.4. The summed E-state index contributed by atoms with van der Waals surface area (Å²) in [6.07, 6.45) is 2.15. The molecule has 2 aromatic rings. The molecule has 0 saturated carbocycles. The Morgan fingerprint density at radius 2 is 2.00 bits per heavy atom. The number of nitrogens with one attached hydrogen (secondary N) is 1. The van der Waals surface area contributed by atoms with E-state index in [1.54, 1.807) is 0 Å². The Balaban J connectivity index is 1.44. The number of carbonyl (C=O) groups is 1. The molecule has 2 aromatic carbocycles. The minimum absolute atomic E-state index is 0.00723. The van der Waals surface area contributed by atoms with Gasteiger partial charge < -0.3 is 19.5 Å². The molecule has 144 valence electrons. The van der Waals surface area contributed by atoms with Crippen molar-refractivity contribution < 1.29 is 19.0 Å². The van der Waals surface area contributed by atoms with Gasteiger partial charge in [0.25, 0.3) is 0 Å². The first-order chi connectivity index (χ1) is 13.2. The van der Waals surface area contributed by atoms with Crippen LogP contribution in [0.5, 0.6) is 17.2 Å². The third-order valence-corrected chi connectivity index (χ3v) is 5.03. The molecule has 0 radical (unpaired) electrons. The number of amides is 1. The lowest BCUT2D eigenvalue weighted by Crippen LogP contribution is -2.24. The van der Waals surface area contributed by atoms with Crippen molar-refractivity contribution in [2.24, 2.45) is 0 Å². The molecule has 5 nitrogen and oxygen atoms in total. The third-order valence-electron chi connectivity index (χ3n) is 4.04. The summed E-state index contributed by atoms with van der Waals surface area (Å²) in [5.74, 6) is 2.70. The minimum atomic E-state index is -0.00723. The average Bonchev–Trinajstić information content (AvgIpc) is 2.71. The predicted octanol–water partition coefficient (Wildman–Crippen LogP) is 4.05. The molecule has 0 aromatic heterocycles. The number of carbonyl (C=O) groups excluding carboxylic acids is 1. The number of thioether (sulfide) groups is 1. The summed E-state index contributed by atoms with van der Waals surface area (Å²) in [5, 5.41) is 2.95. The Hall–Kier alpha value is -2.34. The molecule has 0 fully saturated rings. The molecule has 0 atom stereocenters. The number of benzene rings is 2. The quantitative estimate of drug-likeness (QED) is 0.520. The molecule has 0 saturated heterocycles. The van der Waals surface area contributed by atoms with Gasteiger partial charge in [0, 0.05) is 11.4 Å². The highest BCUT2D eigenvalue weighted by Gasteiger charge is 2.12. The molecule has 0 bridgehead atoms. The zero-order valence-corrected chi connectivity index (χ0v) is 16.3. The molecule has 1 aliphatic rings. The second kappa shape index (κ2) is 10.1. The van der Waals surface area contributed by atoms with E-state index in [1.165, 1.54) is 11.8 Å². The average molecular weight is 388 g/mol. The second-order valence-corrected chi connectivity index (χ2v) is 7.27. The van der Waals surface area contributed by atoms with Gasteiger partial charge in [0.2, 0.25) is 5.91 Å². The lowest BCUT2D eigenvalue weighted by atomic mass is 10.2. The van der Waals surface area contributed by atoms with Crippen molar-refractivity contribution >= 4 is 17.7 Å². The third kappa shape index (κ3) is 6.10. The fraction of sp³-hybridized carbons (Fsp3) is 0.381. The molecule has 0 spiro atoms. The Morgan fingerprint density at radius 3 is 2.85 bits per heavy atom. The largest absolute Gasteiger partial charge is 0.494 e. The minimum Gasteiger partial charge on any atom is -0.494 e. The van der Waals surface area contributed by atoms with Crippen LogP contribution >= 0.6 is 11.8 Å². The molecule has 1 aliphatic heterocycles. The summed E-state index contributed by atoms with van der Waals surface area (Å²) in [6, 6.07) is 13.6. The first-order valence-electron chi connectivity index (χ1n) is 9.25. The van der Waals surface area contributed by atoms with Gasteiger partial charge in [0.1, 0.15) is 19.0 Å². The van der Waals surface area contributed by atoms with Crippen LogP contribution in [0.15, 0.2) is 47.4 Å². The number of ether oxygens (including phenoxy) is 3. The van der Waals surface area contributed by atoms with Crippen molar-refractivity contribution in [3.05, 3.63) is 48.0 Å². The molecule has 1 N–H and O–H groups in total. The SMILES string of the molecule is CCCCOc1cccc(CNC(=O)CSc2ccc3c(c2)OCCO3)c1. The summed E-state index contributed by atoms with van der Waals surface area (Å²) in [6.45, 7) is 4.48. The number of unbranched alkanes of at least 4 members (excludes halogenated alkanes) is 1. The fourth-order valence-corrected chi connectivity index (χ4v) is 3.35. The van der Waals surface area contributed by atoms with E-state index >= 15 is 0 Å². The van der Waals surface area contributed by atoms with Crippen molar-refractivity contribution in [1.82, 2.24) is 5.32 Å². The van der Waals surface area contributed by atoms with E-state index in [-0.39, 0.29) is 5.91 Å². The van der Waals surface area contributed by atoms with Crippen molar-refractivity contribution in [1.29, 1.82) is 0 Å². The number of rotatable bonds is 9. The maximum atomic E-state index is 12.2. The molecule has 1 heterocycles. The van der Waals surface area contributed by atoms with Crippen LogP contribution in [-0.2, 0) is 11.3 Å². The fourth-order valence-electron chi connectivity index (χ4n) is 2.59. The maximum Gasteiger partial charge on any atom is 0.230 e. The number of hydrogen-bond acceptors (Lipinski definition) is 5. The van der Waals surface area contributed by atoms with E-state index in [4.69, 9.17) is 14.2 Å². The highest BCUT2D eigenvalue weighted by Crippen LogP contribution is 2.34. The van der Waals surface area contributed by atoms with Crippen LogP contribution < -0.4 is 19.5 Å². The lowest BCUT2D eigenvalue weighted by molar-refractivity contribution is -0.118. The first-order valence-corrected chi connectivity index (χ1v) is 10.2. The van der Waals surface area contributed by atoms with Gasteiger partial charge >= 0.3 is 0 Å². The zero-order chi connectivity index (χ0) is 18.9. The van der Waals surface area contributed by atoms with Crippen LogP contribution in [0.1, 0.15) is 25.3 Å². The van der Waals surface area contributed by atoms with Crippen molar-refractivity contribution in [2.75, 3.05) is 25.6 Å². The van der Waals surface area contributed by atoms with Gasteiger partial charge in [0.05, 0.1) is 12.4 Å². The molecular formula is C21H25NO4S. The molecule has 0 aliphatic carbocycles. The summed E-state index contributed by atoms with van der Waals surface area (Å²) in [5.41, 5.74) is 1.03. The Labute approximate surface area is 164 Å². The van der Waals surface area contributed by atoms with Gasteiger partial charge in [-0.05, 0) is 42.3 Å². The van der Waals surface area contributed by atoms with Gasteiger partial charge in [0.15, 0.2) is 11.5 Å². The molecular weight excluding hydrogens is 362 g/mol. The van der Waals surface area contributed by atoms with Gasteiger partial charge in [-0.15, -0.1) is 11.8 Å². The van der Waals surface area contributed by atoms with Crippen molar-refractivity contribution in [2.45, 2.75) is 31.2 Å². The Morgan fingerprint density at radius 1 is 1.15 bits per heavy atom. The van der Waals surface area contributed by atoms with Crippen LogP contribution in [0.3, 0.4) is 0 Å². The predicted molar refractivity (Wildman–Crippen MR) is 107 cm³/mol. The molecule has 27 heavy (non-hydrogen) atoms. The van der Waals surface area contributed by atoms with Gasteiger partial charge in [-0.25, -0.2) is 0 Å². The maximum absolute atomic E-state index is 12.2. The Kier molecular flexibility index (Phi) is 7.27. The molecule has 1 amide bonds. The van der Waals surface area contributed by atoms with Crippen molar-refractivity contribution in [3.63, 3.8) is 0 Å². The second-order valence-electron chi connectivity index (χ2n) is 6.22. The lowest BCUT2D eigenvalue weighted by Gasteiger charge is -2.18.